The number of H-pyrrole nitrogens is 1. The first kappa shape index (κ1) is 12.4. The van der Waals surface area contributed by atoms with Crippen LogP contribution in [0.25, 0.3) is 5.65 Å². The normalized spacial score (nSPS) is 11.1. The zero-order valence-electron chi connectivity index (χ0n) is 11.0. The molecule has 1 N–H and O–H groups in total. The van der Waals surface area contributed by atoms with E-state index in [1.54, 1.807) is 6.20 Å². The Bertz CT molecular complexity index is 840. The molecule has 3 aromatic heterocycles. The summed E-state index contributed by atoms with van der Waals surface area (Å²) < 4.78 is 3.37. The van der Waals surface area contributed by atoms with Crippen LogP contribution in [0.3, 0.4) is 0 Å². The quantitative estimate of drug-likeness (QED) is 0.765. The van der Waals surface area contributed by atoms with Crippen molar-refractivity contribution in [3.8, 4) is 0 Å². The van der Waals surface area contributed by atoms with Gasteiger partial charge in [-0.2, -0.15) is 0 Å². The smallest absolute Gasteiger partial charge is 0.307 e. The van der Waals surface area contributed by atoms with Gasteiger partial charge in [0.05, 0.1) is 12.2 Å². The predicted octanol–water partition coefficient (Wildman–Crippen LogP) is 0.795. The third-order valence-corrected chi connectivity index (χ3v) is 3.21. The minimum absolute atomic E-state index is 0.316. The van der Waals surface area contributed by atoms with E-state index in [-0.39, 0.29) is 5.56 Å². The Kier molecular flexibility index (Phi) is 2.98. The summed E-state index contributed by atoms with van der Waals surface area (Å²) in [6.07, 6.45) is 5.96. The second-order valence-corrected chi connectivity index (χ2v) is 4.59. The Morgan fingerprint density at radius 2 is 2.10 bits per heavy atom. The molecule has 0 aliphatic rings. The van der Waals surface area contributed by atoms with Gasteiger partial charge in [-0.3, -0.25) is 14.3 Å². The number of nitrogens with zero attached hydrogens (tertiary/aromatic N) is 3. The summed E-state index contributed by atoms with van der Waals surface area (Å²) in [4.78, 5) is 30.1. The van der Waals surface area contributed by atoms with Crippen molar-refractivity contribution in [3.63, 3.8) is 0 Å². The molecule has 3 aromatic rings. The lowest BCUT2D eigenvalue weighted by Crippen LogP contribution is -2.31. The summed E-state index contributed by atoms with van der Waals surface area (Å²) in [5.74, 6) is 0. The predicted molar refractivity (Wildman–Crippen MR) is 75.0 cm³/mol. The van der Waals surface area contributed by atoms with Crippen molar-refractivity contribution in [2.24, 2.45) is 0 Å². The second kappa shape index (κ2) is 4.80. The molecule has 0 saturated carbocycles. The Morgan fingerprint density at radius 1 is 1.25 bits per heavy atom. The average Bonchev–Trinajstić information content (AvgIpc) is 2.84. The first-order valence-electron chi connectivity index (χ1n) is 6.42. The number of nitrogens with one attached hydrogen (secondary N) is 1. The largest absolute Gasteiger partial charge is 0.328 e. The molecule has 6 heteroatoms. The van der Waals surface area contributed by atoms with Crippen LogP contribution >= 0.6 is 0 Å². The lowest BCUT2D eigenvalue weighted by molar-refractivity contribution is 0.697. The molecule has 0 unspecified atom stereocenters. The van der Waals surface area contributed by atoms with Crippen LogP contribution in [0.1, 0.15) is 18.2 Å². The van der Waals surface area contributed by atoms with Crippen LogP contribution in [0.2, 0.25) is 0 Å². The number of aromatic amines is 1. The van der Waals surface area contributed by atoms with Crippen LogP contribution in [0, 0.1) is 0 Å². The molecule has 20 heavy (non-hydrogen) atoms. The molecule has 0 saturated heterocycles. The lowest BCUT2D eigenvalue weighted by atomic mass is 10.2. The Morgan fingerprint density at radius 3 is 2.85 bits per heavy atom. The van der Waals surface area contributed by atoms with Crippen LogP contribution in [0.5, 0.6) is 0 Å². The molecule has 0 bridgehead atoms. The summed E-state index contributed by atoms with van der Waals surface area (Å²) in [5, 5.41) is 0. The maximum atomic E-state index is 11.8. The Balaban J connectivity index is 2.02. The summed E-state index contributed by atoms with van der Waals surface area (Å²) in [5.41, 5.74) is 1.46. The summed E-state index contributed by atoms with van der Waals surface area (Å²) in [6, 6.07) is 5.73. The van der Waals surface area contributed by atoms with Crippen LogP contribution in [-0.2, 0) is 13.0 Å². The highest BCUT2D eigenvalue weighted by Crippen LogP contribution is 2.05. The van der Waals surface area contributed by atoms with Gasteiger partial charge in [-0.15, -0.1) is 0 Å². The maximum Gasteiger partial charge on any atom is 0.328 e. The van der Waals surface area contributed by atoms with E-state index in [0.717, 1.165) is 11.3 Å². The highest BCUT2D eigenvalue weighted by molar-refractivity contribution is 5.39. The standard InChI is InChI=1S/C14H14N4O2/c1-2-10-7-18(14(20)16-13(10)19)9-11-8-17-6-4-3-5-12(17)15-11/h3-8H,2,9H2,1H3,(H,16,19,20). The first-order valence-corrected chi connectivity index (χ1v) is 6.42. The fraction of sp³-hybridized carbons (Fsp3) is 0.214. The van der Waals surface area contributed by atoms with Gasteiger partial charge in [-0.1, -0.05) is 13.0 Å². The molecule has 0 atom stereocenters. The minimum Gasteiger partial charge on any atom is -0.307 e. The van der Waals surface area contributed by atoms with Crippen molar-refractivity contribution in [2.45, 2.75) is 19.9 Å². The lowest BCUT2D eigenvalue weighted by Gasteiger charge is -2.04. The molecule has 0 spiro atoms. The fourth-order valence-corrected chi connectivity index (χ4v) is 2.16. The van der Waals surface area contributed by atoms with E-state index in [2.05, 4.69) is 9.97 Å². The van der Waals surface area contributed by atoms with E-state index in [1.165, 1.54) is 4.57 Å². The van der Waals surface area contributed by atoms with Gasteiger partial charge in [0.2, 0.25) is 0 Å². The van der Waals surface area contributed by atoms with Crippen molar-refractivity contribution in [1.29, 1.82) is 0 Å². The van der Waals surface area contributed by atoms with Crippen LogP contribution in [0.4, 0.5) is 0 Å². The van der Waals surface area contributed by atoms with E-state index in [0.29, 0.717) is 18.5 Å². The van der Waals surface area contributed by atoms with Gasteiger partial charge >= 0.3 is 5.69 Å². The molecule has 0 aromatic carbocycles. The van der Waals surface area contributed by atoms with Crippen molar-refractivity contribution in [3.05, 3.63) is 68.9 Å². The van der Waals surface area contributed by atoms with Crippen molar-refractivity contribution < 1.29 is 0 Å². The number of imidazole rings is 1. The third kappa shape index (κ3) is 2.16. The number of pyridine rings is 1. The van der Waals surface area contributed by atoms with E-state index in [9.17, 15) is 9.59 Å². The highest BCUT2D eigenvalue weighted by atomic mass is 16.2. The topological polar surface area (TPSA) is 72.2 Å². The number of hydrogen-bond donors (Lipinski definition) is 1. The molecular formula is C14H14N4O2. The van der Waals surface area contributed by atoms with Gasteiger partial charge in [-0.05, 0) is 18.6 Å². The van der Waals surface area contributed by atoms with E-state index >= 15 is 0 Å². The summed E-state index contributed by atoms with van der Waals surface area (Å²) in [7, 11) is 0. The molecule has 102 valence electrons. The molecule has 3 rings (SSSR count). The number of aromatic nitrogens is 4. The minimum atomic E-state index is -0.413. The van der Waals surface area contributed by atoms with Gasteiger partial charge < -0.3 is 4.40 Å². The van der Waals surface area contributed by atoms with E-state index in [4.69, 9.17) is 0 Å². The number of aryl methyl sites for hydroxylation is 1. The summed E-state index contributed by atoms with van der Waals surface area (Å²) in [6.45, 7) is 2.22. The van der Waals surface area contributed by atoms with Crippen LogP contribution < -0.4 is 11.2 Å². The molecule has 3 heterocycles. The molecule has 0 aliphatic heterocycles. The fourth-order valence-electron chi connectivity index (χ4n) is 2.16. The molecule has 0 radical (unpaired) electrons. The number of hydrogen-bond acceptors (Lipinski definition) is 3. The van der Waals surface area contributed by atoms with E-state index in [1.807, 2.05) is 41.9 Å². The maximum absolute atomic E-state index is 11.8. The van der Waals surface area contributed by atoms with Crippen molar-refractivity contribution in [2.75, 3.05) is 0 Å². The SMILES string of the molecule is CCc1cn(Cc2cn3ccccc3n2)c(=O)[nH]c1=O. The zero-order chi connectivity index (χ0) is 14.1. The van der Waals surface area contributed by atoms with E-state index < -0.39 is 5.69 Å². The third-order valence-electron chi connectivity index (χ3n) is 3.21. The molecular weight excluding hydrogens is 256 g/mol. The molecule has 6 nitrogen and oxygen atoms in total. The average molecular weight is 270 g/mol. The highest BCUT2D eigenvalue weighted by Gasteiger charge is 2.06. The van der Waals surface area contributed by atoms with Gasteiger partial charge in [-0.25, -0.2) is 9.78 Å². The van der Waals surface area contributed by atoms with Crippen LogP contribution in [-0.4, -0.2) is 18.9 Å². The number of rotatable bonds is 3. The zero-order valence-corrected chi connectivity index (χ0v) is 11.0. The Labute approximate surface area is 114 Å². The molecule has 0 aliphatic carbocycles. The van der Waals surface area contributed by atoms with Gasteiger partial charge in [0.1, 0.15) is 5.65 Å². The van der Waals surface area contributed by atoms with Crippen LogP contribution in [0.15, 0.2) is 46.4 Å². The van der Waals surface area contributed by atoms with Gasteiger partial charge in [0.15, 0.2) is 0 Å². The number of fused-ring (bicyclic) bond motifs is 1. The molecule has 0 fully saturated rings. The van der Waals surface area contributed by atoms with Crippen molar-refractivity contribution >= 4 is 5.65 Å². The van der Waals surface area contributed by atoms with Crippen molar-refractivity contribution in [1.82, 2.24) is 18.9 Å². The monoisotopic (exact) mass is 270 g/mol. The van der Waals surface area contributed by atoms with Gasteiger partial charge in [0, 0.05) is 24.2 Å². The second-order valence-electron chi connectivity index (χ2n) is 4.59. The Hall–Kier alpha value is -2.63. The first-order chi connectivity index (χ1) is 9.67. The van der Waals surface area contributed by atoms with Gasteiger partial charge in [0.25, 0.3) is 5.56 Å². The molecule has 0 amide bonds. The summed E-state index contributed by atoms with van der Waals surface area (Å²) >= 11 is 0.